The third-order valence-corrected chi connectivity index (χ3v) is 7.00. The van der Waals surface area contributed by atoms with Crippen LogP contribution in [0.25, 0.3) is 10.6 Å². The maximum absolute atomic E-state index is 12.9. The molecule has 30 heavy (non-hydrogen) atoms. The van der Waals surface area contributed by atoms with E-state index < -0.39 is 37.6 Å². The number of nitrogens with zero attached hydrogens (tertiary/aromatic N) is 2. The fourth-order valence-electron chi connectivity index (χ4n) is 2.23. The molecule has 160 valence electrons. The van der Waals surface area contributed by atoms with Gasteiger partial charge in [0, 0.05) is 23.9 Å². The van der Waals surface area contributed by atoms with E-state index in [9.17, 15) is 26.4 Å². The normalized spacial score (nSPS) is 12.1. The first-order valence-corrected chi connectivity index (χ1v) is 11.7. The van der Waals surface area contributed by atoms with Crippen molar-refractivity contribution in [1.82, 2.24) is 14.9 Å². The highest BCUT2D eigenvalue weighted by Gasteiger charge is 2.34. The molecule has 0 aliphatic heterocycles. The van der Waals surface area contributed by atoms with Crippen LogP contribution in [0.5, 0.6) is 0 Å². The van der Waals surface area contributed by atoms with E-state index in [4.69, 9.17) is 11.6 Å². The van der Waals surface area contributed by atoms with Gasteiger partial charge in [0.2, 0.25) is 21.1 Å². The number of carbonyl (C=O) groups excluding carboxylic acids is 1. The van der Waals surface area contributed by atoms with E-state index in [0.29, 0.717) is 11.1 Å². The number of aromatic nitrogens is 2. The summed E-state index contributed by atoms with van der Waals surface area (Å²) >= 11 is 8.13. The topological polar surface area (TPSA) is 101 Å². The zero-order chi connectivity index (χ0) is 21.9. The largest absolute Gasteiger partial charge is 0.417 e. The molecule has 2 aromatic heterocycles. The predicted octanol–water partition coefficient (Wildman–Crippen LogP) is 4.25. The molecule has 0 atom stereocenters. The van der Waals surface area contributed by atoms with Gasteiger partial charge < -0.3 is 5.32 Å². The van der Waals surface area contributed by atoms with Gasteiger partial charge in [-0.1, -0.05) is 22.9 Å². The number of hydrogen-bond donors (Lipinski definition) is 2. The van der Waals surface area contributed by atoms with E-state index in [1.54, 1.807) is 0 Å². The molecule has 0 aliphatic rings. The molecule has 1 amide bonds. The first-order valence-electron chi connectivity index (χ1n) is 8.08. The summed E-state index contributed by atoms with van der Waals surface area (Å²) in [6.45, 7) is -0.325. The van der Waals surface area contributed by atoms with Gasteiger partial charge in [0.15, 0.2) is 0 Å². The van der Waals surface area contributed by atoms with Crippen LogP contribution in [0.4, 0.5) is 18.3 Å². The van der Waals surface area contributed by atoms with Gasteiger partial charge in [0.25, 0.3) is 0 Å². The highest BCUT2D eigenvalue weighted by Crippen LogP contribution is 2.35. The van der Waals surface area contributed by atoms with Crippen LogP contribution in [0, 0.1) is 0 Å². The highest BCUT2D eigenvalue weighted by atomic mass is 35.5. The van der Waals surface area contributed by atoms with Gasteiger partial charge >= 0.3 is 6.18 Å². The summed E-state index contributed by atoms with van der Waals surface area (Å²) in [7, 11) is -4.27. The molecule has 2 N–H and O–H groups in total. The summed E-state index contributed by atoms with van der Waals surface area (Å²) in [5.74, 6) is -0.530. The van der Waals surface area contributed by atoms with E-state index in [1.165, 1.54) is 11.3 Å². The third-order valence-electron chi connectivity index (χ3n) is 3.64. The molecule has 0 saturated heterocycles. The molecule has 0 bridgehead atoms. The number of sulfonamides is 1. The van der Waals surface area contributed by atoms with Gasteiger partial charge in [-0.25, -0.2) is 13.1 Å². The quantitative estimate of drug-likeness (QED) is 0.509. The second-order valence-electron chi connectivity index (χ2n) is 5.76. The predicted molar refractivity (Wildman–Crippen MR) is 108 cm³/mol. The Morgan fingerprint density at radius 2 is 1.97 bits per heavy atom. The molecule has 0 radical (unpaired) electrons. The van der Waals surface area contributed by atoms with E-state index in [1.807, 2.05) is 16.8 Å². The maximum atomic E-state index is 12.9. The fourth-order valence-corrected chi connectivity index (χ4v) is 4.98. The molecule has 2 heterocycles. The number of nitrogens with one attached hydrogen (secondary N) is 2. The van der Waals surface area contributed by atoms with Crippen LogP contribution in [-0.2, 0) is 21.0 Å². The molecule has 0 spiro atoms. The number of benzene rings is 1. The van der Waals surface area contributed by atoms with E-state index >= 15 is 0 Å². The minimum atomic E-state index is -4.80. The molecular weight excluding hydrogens is 485 g/mol. The molecular formula is C16H12ClF3N4O3S3. The molecule has 0 fully saturated rings. The van der Waals surface area contributed by atoms with Gasteiger partial charge in [0.05, 0.1) is 15.5 Å². The lowest BCUT2D eigenvalue weighted by Crippen LogP contribution is -2.28. The summed E-state index contributed by atoms with van der Waals surface area (Å²) in [6.07, 6.45) is -5.06. The minimum absolute atomic E-state index is 0.247. The van der Waals surface area contributed by atoms with Crippen LogP contribution in [0.15, 0.2) is 39.9 Å². The van der Waals surface area contributed by atoms with Gasteiger partial charge in [0.1, 0.15) is 5.01 Å². The van der Waals surface area contributed by atoms with Crippen molar-refractivity contribution in [3.05, 3.63) is 45.6 Å². The Morgan fingerprint density at radius 1 is 1.20 bits per heavy atom. The summed E-state index contributed by atoms with van der Waals surface area (Å²) in [5, 5.41) is 14.3. The second kappa shape index (κ2) is 8.98. The standard InChI is InChI=1S/C16H12ClF3N4O3S3/c17-12-2-1-10(7-11(12)16(18,19)20)30(26,27)21-5-3-13(25)22-15-24-23-14(29-15)9-4-6-28-8-9/h1-2,4,6-8,21H,3,5H2,(H,22,24,25). The van der Waals surface area contributed by atoms with Crippen LogP contribution < -0.4 is 10.0 Å². The molecule has 3 rings (SSSR count). The van der Waals surface area contributed by atoms with Crippen LogP contribution in [0.1, 0.15) is 12.0 Å². The van der Waals surface area contributed by atoms with Crippen LogP contribution in [0.2, 0.25) is 5.02 Å². The molecule has 0 unspecified atom stereocenters. The molecule has 3 aromatic rings. The van der Waals surface area contributed by atoms with Gasteiger partial charge in [-0.3, -0.25) is 4.79 Å². The number of thiophene rings is 1. The smallest absolute Gasteiger partial charge is 0.300 e. The highest BCUT2D eigenvalue weighted by molar-refractivity contribution is 7.89. The maximum Gasteiger partial charge on any atom is 0.417 e. The fraction of sp³-hybridized carbons (Fsp3) is 0.188. The van der Waals surface area contributed by atoms with Crippen molar-refractivity contribution >= 4 is 55.3 Å². The molecule has 14 heteroatoms. The van der Waals surface area contributed by atoms with Gasteiger partial charge in [-0.15, -0.1) is 10.2 Å². The van der Waals surface area contributed by atoms with Crippen LogP contribution in [0.3, 0.4) is 0 Å². The Kier molecular flexibility index (Phi) is 6.77. The molecule has 7 nitrogen and oxygen atoms in total. The monoisotopic (exact) mass is 496 g/mol. The summed E-state index contributed by atoms with van der Waals surface area (Å²) in [4.78, 5) is 11.4. The number of rotatable bonds is 7. The van der Waals surface area contributed by atoms with Gasteiger partial charge in [-0.05, 0) is 29.6 Å². The Bertz CT molecular complexity index is 1150. The molecule has 1 aromatic carbocycles. The van der Waals surface area contributed by atoms with E-state index in [2.05, 4.69) is 20.2 Å². The zero-order valence-electron chi connectivity index (χ0n) is 14.7. The van der Waals surface area contributed by atoms with Crippen LogP contribution >= 0.6 is 34.3 Å². The van der Waals surface area contributed by atoms with Gasteiger partial charge in [-0.2, -0.15) is 24.5 Å². The van der Waals surface area contributed by atoms with Crippen molar-refractivity contribution in [2.75, 3.05) is 11.9 Å². The number of halogens is 4. The Morgan fingerprint density at radius 3 is 2.63 bits per heavy atom. The number of carbonyl (C=O) groups is 1. The Hall–Kier alpha value is -2.06. The van der Waals surface area contributed by atoms with Crippen molar-refractivity contribution < 1.29 is 26.4 Å². The van der Waals surface area contributed by atoms with Crippen molar-refractivity contribution in [2.24, 2.45) is 0 Å². The van der Waals surface area contributed by atoms with Crippen molar-refractivity contribution in [2.45, 2.75) is 17.5 Å². The Balaban J connectivity index is 1.57. The van der Waals surface area contributed by atoms with Crippen molar-refractivity contribution in [3.8, 4) is 10.6 Å². The summed E-state index contributed by atoms with van der Waals surface area (Å²) in [6, 6.07) is 4.10. The number of amides is 1. The second-order valence-corrected chi connectivity index (χ2v) is 9.69. The van der Waals surface area contributed by atoms with Crippen molar-refractivity contribution in [3.63, 3.8) is 0 Å². The third kappa shape index (κ3) is 5.55. The van der Waals surface area contributed by atoms with Crippen LogP contribution in [-0.4, -0.2) is 31.1 Å². The SMILES string of the molecule is O=C(CCNS(=O)(=O)c1ccc(Cl)c(C(F)(F)F)c1)Nc1nnc(-c2ccsc2)s1. The average molecular weight is 497 g/mol. The first kappa shape index (κ1) is 22.6. The first-order chi connectivity index (χ1) is 14.1. The average Bonchev–Trinajstić information content (AvgIpc) is 3.32. The zero-order valence-corrected chi connectivity index (χ0v) is 17.9. The lowest BCUT2D eigenvalue weighted by molar-refractivity contribution is -0.137. The number of anilines is 1. The Labute approximate surface area is 182 Å². The molecule has 0 aliphatic carbocycles. The number of hydrogen-bond acceptors (Lipinski definition) is 7. The molecule has 0 saturated carbocycles. The summed E-state index contributed by atoms with van der Waals surface area (Å²) < 4.78 is 65.3. The van der Waals surface area contributed by atoms with Crippen molar-refractivity contribution in [1.29, 1.82) is 0 Å². The van der Waals surface area contributed by atoms with E-state index in [0.717, 1.165) is 29.0 Å². The minimum Gasteiger partial charge on any atom is -0.300 e. The lowest BCUT2D eigenvalue weighted by Gasteiger charge is -2.12. The number of alkyl halides is 3. The van der Waals surface area contributed by atoms with E-state index in [-0.39, 0.29) is 18.1 Å². The lowest BCUT2D eigenvalue weighted by atomic mass is 10.2. The summed E-state index contributed by atoms with van der Waals surface area (Å²) in [5.41, 5.74) is -0.394.